The summed E-state index contributed by atoms with van der Waals surface area (Å²) in [6, 6.07) is -2.14. The standard InChI is InChI=1S/C14H17F9N2O/c15-12(16,17)8-2-1-3-9(6-8)24-10(26)25-5-4-11(7-25,13(18,19)20)14(21,22)23/h8-9H,1-7H2,(H,24,26)/t8-,9+/m1/s1. The smallest absolute Gasteiger partial charge is 0.335 e. The molecule has 1 saturated heterocycles. The van der Waals surface area contributed by atoms with Gasteiger partial charge in [-0.1, -0.05) is 6.42 Å². The average molecular weight is 400 g/mol. The van der Waals surface area contributed by atoms with Crippen LogP contribution in [0, 0.1) is 11.3 Å². The largest absolute Gasteiger partial charge is 0.404 e. The normalized spacial score (nSPS) is 27.5. The predicted molar refractivity (Wildman–Crippen MR) is 71.1 cm³/mol. The number of carbonyl (C=O) groups excluding carboxylic acids is 1. The van der Waals surface area contributed by atoms with Crippen molar-refractivity contribution in [1.82, 2.24) is 10.2 Å². The summed E-state index contributed by atoms with van der Waals surface area (Å²) in [5.74, 6) is -1.65. The van der Waals surface area contributed by atoms with Crippen molar-refractivity contribution >= 4 is 6.03 Å². The molecule has 1 aliphatic carbocycles. The Morgan fingerprint density at radius 2 is 1.54 bits per heavy atom. The zero-order valence-electron chi connectivity index (χ0n) is 13.4. The number of carbonyl (C=O) groups is 1. The number of halogens is 9. The van der Waals surface area contributed by atoms with Gasteiger partial charge in [-0.25, -0.2) is 4.79 Å². The summed E-state index contributed by atoms with van der Waals surface area (Å²) in [5.41, 5.74) is -4.02. The zero-order chi connectivity index (χ0) is 20.0. The summed E-state index contributed by atoms with van der Waals surface area (Å²) < 4.78 is 116. The van der Waals surface area contributed by atoms with Crippen LogP contribution in [0.5, 0.6) is 0 Å². The molecule has 0 unspecified atom stereocenters. The lowest BCUT2D eigenvalue weighted by Crippen LogP contribution is -2.53. The molecule has 0 aromatic heterocycles. The highest BCUT2D eigenvalue weighted by Gasteiger charge is 2.73. The SMILES string of the molecule is O=C(N[C@H]1CCC[C@@H](C(F)(F)F)C1)N1CCC(C(F)(F)F)(C(F)(F)F)C1. The molecule has 26 heavy (non-hydrogen) atoms. The number of urea groups is 1. The molecule has 2 atom stereocenters. The summed E-state index contributed by atoms with van der Waals surface area (Å²) in [7, 11) is 0. The second-order valence-electron chi connectivity index (χ2n) is 6.80. The number of nitrogens with zero attached hydrogens (tertiary/aromatic N) is 1. The molecule has 2 fully saturated rings. The van der Waals surface area contributed by atoms with Crippen molar-refractivity contribution in [1.29, 1.82) is 0 Å². The third-order valence-electron chi connectivity index (χ3n) is 5.11. The maximum atomic E-state index is 13.0. The molecule has 0 aromatic rings. The van der Waals surface area contributed by atoms with Gasteiger partial charge < -0.3 is 10.2 Å². The molecule has 3 nitrogen and oxygen atoms in total. The first-order chi connectivity index (χ1) is 11.7. The van der Waals surface area contributed by atoms with Gasteiger partial charge >= 0.3 is 24.6 Å². The minimum absolute atomic E-state index is 0.120. The predicted octanol–water partition coefficient (Wildman–Crippen LogP) is 4.63. The number of amides is 2. The molecule has 0 bridgehead atoms. The Bertz CT molecular complexity index is 512. The van der Waals surface area contributed by atoms with Crippen molar-refractivity contribution in [3.05, 3.63) is 0 Å². The van der Waals surface area contributed by atoms with E-state index in [1.807, 2.05) is 0 Å². The molecular formula is C14H17F9N2O. The maximum Gasteiger partial charge on any atom is 0.404 e. The summed E-state index contributed by atoms with van der Waals surface area (Å²) in [4.78, 5) is 12.4. The van der Waals surface area contributed by atoms with E-state index in [2.05, 4.69) is 5.32 Å². The highest BCUT2D eigenvalue weighted by atomic mass is 19.4. The first kappa shape index (κ1) is 20.9. The summed E-state index contributed by atoms with van der Waals surface area (Å²) in [6.07, 6.45) is -17.2. The lowest BCUT2D eigenvalue weighted by molar-refractivity contribution is -0.334. The highest BCUT2D eigenvalue weighted by molar-refractivity contribution is 5.75. The minimum Gasteiger partial charge on any atom is -0.335 e. The minimum atomic E-state index is -5.59. The van der Waals surface area contributed by atoms with E-state index in [0.717, 1.165) is 0 Å². The monoisotopic (exact) mass is 400 g/mol. The van der Waals surface area contributed by atoms with Gasteiger partial charge in [-0.05, 0) is 25.7 Å². The zero-order valence-corrected chi connectivity index (χ0v) is 13.4. The molecule has 1 aliphatic heterocycles. The van der Waals surface area contributed by atoms with Gasteiger partial charge in [0, 0.05) is 19.1 Å². The molecule has 12 heteroatoms. The van der Waals surface area contributed by atoms with Gasteiger partial charge in [-0.15, -0.1) is 0 Å². The van der Waals surface area contributed by atoms with Crippen molar-refractivity contribution in [2.24, 2.45) is 11.3 Å². The van der Waals surface area contributed by atoms with Gasteiger partial charge in [0.15, 0.2) is 5.41 Å². The van der Waals surface area contributed by atoms with E-state index < -0.39 is 67.9 Å². The maximum absolute atomic E-state index is 13.0. The number of alkyl halides is 9. The quantitative estimate of drug-likeness (QED) is 0.640. The molecule has 0 aromatic carbocycles. The van der Waals surface area contributed by atoms with Gasteiger partial charge in [0.1, 0.15) is 0 Å². The Labute approximate surface area is 142 Å². The van der Waals surface area contributed by atoms with Crippen LogP contribution in [0.1, 0.15) is 32.1 Å². The van der Waals surface area contributed by atoms with E-state index in [0.29, 0.717) is 4.90 Å². The van der Waals surface area contributed by atoms with Crippen LogP contribution >= 0.6 is 0 Å². The van der Waals surface area contributed by atoms with E-state index in [9.17, 15) is 44.3 Å². The fourth-order valence-corrected chi connectivity index (χ4v) is 3.49. The van der Waals surface area contributed by atoms with Crippen LogP contribution in [0.4, 0.5) is 44.3 Å². The summed E-state index contributed by atoms with van der Waals surface area (Å²) in [6.45, 7) is -2.37. The first-order valence-electron chi connectivity index (χ1n) is 7.93. The van der Waals surface area contributed by atoms with Crippen molar-refractivity contribution in [3.63, 3.8) is 0 Å². The molecule has 1 saturated carbocycles. The van der Waals surface area contributed by atoms with Crippen molar-refractivity contribution in [2.75, 3.05) is 13.1 Å². The molecule has 2 aliphatic rings. The summed E-state index contributed by atoms with van der Waals surface area (Å²) >= 11 is 0. The topological polar surface area (TPSA) is 32.3 Å². The van der Waals surface area contributed by atoms with Crippen molar-refractivity contribution in [3.8, 4) is 0 Å². The fourth-order valence-electron chi connectivity index (χ4n) is 3.49. The highest BCUT2D eigenvalue weighted by Crippen LogP contribution is 2.55. The Morgan fingerprint density at radius 1 is 0.962 bits per heavy atom. The Hall–Kier alpha value is -1.36. The second-order valence-corrected chi connectivity index (χ2v) is 6.80. The summed E-state index contributed by atoms with van der Waals surface area (Å²) in [5, 5.41) is 2.16. The van der Waals surface area contributed by atoms with Crippen molar-refractivity contribution < 1.29 is 44.3 Å². The Morgan fingerprint density at radius 3 is 2.00 bits per heavy atom. The lowest BCUT2D eigenvalue weighted by Gasteiger charge is -2.34. The molecule has 1 heterocycles. The third kappa shape index (κ3) is 3.98. The van der Waals surface area contributed by atoms with Crippen LogP contribution in [-0.4, -0.2) is 48.6 Å². The van der Waals surface area contributed by atoms with Crippen LogP contribution < -0.4 is 5.32 Å². The van der Waals surface area contributed by atoms with Gasteiger partial charge in [0.05, 0.1) is 5.92 Å². The van der Waals surface area contributed by atoms with Crippen LogP contribution in [-0.2, 0) is 0 Å². The third-order valence-corrected chi connectivity index (χ3v) is 5.11. The van der Waals surface area contributed by atoms with Gasteiger partial charge in [0.25, 0.3) is 0 Å². The number of hydrogen-bond acceptors (Lipinski definition) is 1. The molecular weight excluding hydrogens is 383 g/mol. The number of nitrogens with one attached hydrogen (secondary N) is 1. The molecule has 2 rings (SSSR count). The van der Waals surface area contributed by atoms with Crippen LogP contribution in [0.25, 0.3) is 0 Å². The van der Waals surface area contributed by atoms with E-state index >= 15 is 0 Å². The van der Waals surface area contributed by atoms with Gasteiger partial charge in [-0.3, -0.25) is 0 Å². The molecule has 152 valence electrons. The molecule has 0 spiro atoms. The van der Waals surface area contributed by atoms with Crippen molar-refractivity contribution in [2.45, 2.75) is 56.7 Å². The van der Waals surface area contributed by atoms with Gasteiger partial charge in [0.2, 0.25) is 0 Å². The fraction of sp³-hybridized carbons (Fsp3) is 0.929. The number of likely N-dealkylation sites (tertiary alicyclic amines) is 1. The average Bonchev–Trinajstić information content (AvgIpc) is 2.92. The van der Waals surface area contributed by atoms with E-state index in [1.165, 1.54) is 0 Å². The lowest BCUT2D eigenvalue weighted by atomic mass is 9.85. The molecule has 2 amide bonds. The number of rotatable bonds is 1. The van der Waals surface area contributed by atoms with E-state index in [4.69, 9.17) is 0 Å². The molecule has 0 radical (unpaired) electrons. The Kier molecular flexibility index (Phi) is 5.37. The van der Waals surface area contributed by atoms with Crippen LogP contribution in [0.3, 0.4) is 0 Å². The molecule has 1 N–H and O–H groups in total. The van der Waals surface area contributed by atoms with Crippen LogP contribution in [0.2, 0.25) is 0 Å². The Balaban J connectivity index is 2.03. The van der Waals surface area contributed by atoms with E-state index in [1.54, 1.807) is 0 Å². The van der Waals surface area contributed by atoms with E-state index in [-0.39, 0.29) is 19.3 Å². The van der Waals surface area contributed by atoms with Gasteiger partial charge in [-0.2, -0.15) is 39.5 Å². The second kappa shape index (κ2) is 6.66. The number of hydrogen-bond donors (Lipinski definition) is 1. The van der Waals surface area contributed by atoms with Crippen LogP contribution in [0.15, 0.2) is 0 Å². The first-order valence-corrected chi connectivity index (χ1v) is 7.93.